The smallest absolute Gasteiger partial charge is 0.227 e. The van der Waals surface area contributed by atoms with Gasteiger partial charge in [-0.1, -0.05) is 29.4 Å². The number of aromatic nitrogens is 3. The standard InChI is InChI=1S/C25H22N4O3/c1-31-22-12-9-19(10-13-22)25-28-24(32-29-25)15-14-23(30)27-21-7-4-5-18(17-21)8-11-20-6-2-3-16-26-20/h2-13,16-17H,14-15H2,1H3,(H,27,30)/b11-8+. The molecule has 0 saturated heterocycles. The fourth-order valence-electron chi connectivity index (χ4n) is 3.03. The molecule has 7 heteroatoms. The molecule has 0 bridgehead atoms. The van der Waals surface area contributed by atoms with E-state index < -0.39 is 0 Å². The Morgan fingerprint density at radius 3 is 2.72 bits per heavy atom. The van der Waals surface area contributed by atoms with Crippen LogP contribution in [0.4, 0.5) is 5.69 Å². The number of amides is 1. The van der Waals surface area contributed by atoms with Crippen LogP contribution in [0.2, 0.25) is 0 Å². The van der Waals surface area contributed by atoms with Crippen LogP contribution in [0.3, 0.4) is 0 Å². The molecule has 2 aromatic heterocycles. The summed E-state index contributed by atoms with van der Waals surface area (Å²) in [6.45, 7) is 0. The van der Waals surface area contributed by atoms with Gasteiger partial charge >= 0.3 is 0 Å². The second-order valence-electron chi connectivity index (χ2n) is 7.00. The summed E-state index contributed by atoms with van der Waals surface area (Å²) in [6.07, 6.45) is 6.22. The number of hydrogen-bond acceptors (Lipinski definition) is 6. The lowest BCUT2D eigenvalue weighted by Crippen LogP contribution is -2.12. The summed E-state index contributed by atoms with van der Waals surface area (Å²) in [5.41, 5.74) is 3.38. The molecule has 32 heavy (non-hydrogen) atoms. The van der Waals surface area contributed by atoms with Crippen LogP contribution in [-0.4, -0.2) is 28.1 Å². The molecule has 0 aliphatic heterocycles. The SMILES string of the molecule is COc1ccc(-c2noc(CCC(=O)Nc3cccc(/C=C/c4ccccn4)c3)n2)cc1. The molecule has 0 fully saturated rings. The predicted octanol–water partition coefficient (Wildman–Crippen LogP) is 4.88. The number of methoxy groups -OCH3 is 1. The van der Waals surface area contributed by atoms with Gasteiger partial charge in [-0.25, -0.2) is 0 Å². The number of carbonyl (C=O) groups excluding carboxylic acids is 1. The molecule has 4 aromatic rings. The fraction of sp³-hybridized carbons (Fsp3) is 0.120. The normalized spacial score (nSPS) is 10.9. The van der Waals surface area contributed by atoms with E-state index in [1.165, 1.54) is 0 Å². The van der Waals surface area contributed by atoms with Gasteiger partial charge in [0.25, 0.3) is 0 Å². The predicted molar refractivity (Wildman–Crippen MR) is 123 cm³/mol. The van der Waals surface area contributed by atoms with Crippen LogP contribution < -0.4 is 10.1 Å². The van der Waals surface area contributed by atoms with Crippen molar-refractivity contribution in [2.75, 3.05) is 12.4 Å². The summed E-state index contributed by atoms with van der Waals surface area (Å²) >= 11 is 0. The Hall–Kier alpha value is -4.26. The van der Waals surface area contributed by atoms with Crippen molar-refractivity contribution in [3.05, 3.63) is 90.1 Å². The van der Waals surface area contributed by atoms with Crippen molar-refractivity contribution >= 4 is 23.7 Å². The molecule has 0 unspecified atom stereocenters. The summed E-state index contributed by atoms with van der Waals surface area (Å²) < 4.78 is 10.4. The Morgan fingerprint density at radius 2 is 1.94 bits per heavy atom. The highest BCUT2D eigenvalue weighted by Crippen LogP contribution is 2.20. The van der Waals surface area contributed by atoms with E-state index in [1.54, 1.807) is 13.3 Å². The lowest BCUT2D eigenvalue weighted by Gasteiger charge is -2.05. The third-order valence-electron chi connectivity index (χ3n) is 4.69. The van der Waals surface area contributed by atoms with Crippen molar-refractivity contribution in [3.8, 4) is 17.1 Å². The molecule has 1 N–H and O–H groups in total. The lowest BCUT2D eigenvalue weighted by molar-refractivity contribution is -0.116. The maximum absolute atomic E-state index is 12.4. The number of anilines is 1. The summed E-state index contributed by atoms with van der Waals surface area (Å²) in [4.78, 5) is 21.0. The second-order valence-corrected chi connectivity index (χ2v) is 7.00. The Bertz CT molecular complexity index is 1200. The fourth-order valence-corrected chi connectivity index (χ4v) is 3.03. The van der Waals surface area contributed by atoms with Gasteiger partial charge in [-0.2, -0.15) is 4.98 Å². The van der Waals surface area contributed by atoms with Crippen molar-refractivity contribution in [1.82, 2.24) is 15.1 Å². The highest BCUT2D eigenvalue weighted by molar-refractivity contribution is 5.91. The zero-order chi connectivity index (χ0) is 22.2. The molecular weight excluding hydrogens is 404 g/mol. The van der Waals surface area contributed by atoms with Crippen LogP contribution in [0.25, 0.3) is 23.5 Å². The van der Waals surface area contributed by atoms with E-state index in [2.05, 4.69) is 20.4 Å². The average molecular weight is 426 g/mol. The zero-order valence-electron chi connectivity index (χ0n) is 17.6. The molecule has 2 aromatic carbocycles. The molecule has 7 nitrogen and oxygen atoms in total. The Balaban J connectivity index is 1.31. The number of carbonyl (C=O) groups is 1. The molecule has 4 rings (SSSR count). The maximum atomic E-state index is 12.4. The third kappa shape index (κ3) is 5.66. The first-order valence-electron chi connectivity index (χ1n) is 10.2. The minimum absolute atomic E-state index is 0.125. The summed E-state index contributed by atoms with van der Waals surface area (Å²) in [7, 11) is 1.61. The Kier molecular flexibility index (Phi) is 6.67. The van der Waals surface area contributed by atoms with Crippen molar-refractivity contribution < 1.29 is 14.1 Å². The molecule has 2 heterocycles. The number of ether oxygens (including phenoxy) is 1. The summed E-state index contributed by atoms with van der Waals surface area (Å²) in [6, 6.07) is 20.7. The van der Waals surface area contributed by atoms with Gasteiger partial charge in [0.15, 0.2) is 0 Å². The molecule has 0 aliphatic carbocycles. The third-order valence-corrected chi connectivity index (χ3v) is 4.69. The monoisotopic (exact) mass is 426 g/mol. The summed E-state index contributed by atoms with van der Waals surface area (Å²) in [5, 5.41) is 6.90. The lowest BCUT2D eigenvalue weighted by atomic mass is 10.1. The first-order valence-corrected chi connectivity index (χ1v) is 10.2. The molecule has 0 spiro atoms. The van der Waals surface area contributed by atoms with Gasteiger partial charge in [-0.05, 0) is 60.2 Å². The molecule has 0 atom stereocenters. The number of nitrogens with one attached hydrogen (secondary N) is 1. The van der Waals surface area contributed by atoms with Crippen molar-refractivity contribution in [1.29, 1.82) is 0 Å². The largest absolute Gasteiger partial charge is 0.497 e. The second kappa shape index (κ2) is 10.2. The van der Waals surface area contributed by atoms with Gasteiger partial charge < -0.3 is 14.6 Å². The molecule has 0 aliphatic rings. The summed E-state index contributed by atoms with van der Waals surface area (Å²) in [5.74, 6) is 1.53. The first kappa shape index (κ1) is 21.0. The zero-order valence-corrected chi connectivity index (χ0v) is 17.6. The molecular formula is C25H22N4O3. The van der Waals surface area contributed by atoms with Crippen LogP contribution in [0.1, 0.15) is 23.6 Å². The van der Waals surface area contributed by atoms with Crippen LogP contribution in [-0.2, 0) is 11.2 Å². The average Bonchev–Trinajstić information content (AvgIpc) is 3.32. The van der Waals surface area contributed by atoms with Gasteiger partial charge in [0.1, 0.15) is 5.75 Å². The van der Waals surface area contributed by atoms with E-state index in [0.717, 1.165) is 28.3 Å². The number of hydrogen-bond donors (Lipinski definition) is 1. The minimum Gasteiger partial charge on any atom is -0.497 e. The molecule has 160 valence electrons. The van der Waals surface area contributed by atoms with Crippen molar-refractivity contribution in [3.63, 3.8) is 0 Å². The van der Waals surface area contributed by atoms with Gasteiger partial charge in [-0.15, -0.1) is 0 Å². The van der Waals surface area contributed by atoms with Crippen LogP contribution in [0, 0.1) is 0 Å². The quantitative estimate of drug-likeness (QED) is 0.432. The minimum atomic E-state index is -0.125. The van der Waals surface area contributed by atoms with Crippen molar-refractivity contribution in [2.45, 2.75) is 12.8 Å². The van der Waals surface area contributed by atoms with Gasteiger partial charge in [0.05, 0.1) is 12.8 Å². The number of aryl methyl sites for hydroxylation is 1. The van der Waals surface area contributed by atoms with E-state index >= 15 is 0 Å². The van der Waals surface area contributed by atoms with Crippen LogP contribution >= 0.6 is 0 Å². The van der Waals surface area contributed by atoms with Gasteiger partial charge in [0, 0.05) is 30.3 Å². The highest BCUT2D eigenvalue weighted by Gasteiger charge is 2.11. The number of nitrogens with zero attached hydrogens (tertiary/aromatic N) is 3. The van der Waals surface area contributed by atoms with E-state index in [1.807, 2.05) is 78.9 Å². The molecule has 0 radical (unpaired) electrons. The number of pyridine rings is 1. The van der Waals surface area contributed by atoms with Crippen LogP contribution in [0.5, 0.6) is 5.75 Å². The molecule has 0 saturated carbocycles. The number of benzene rings is 2. The highest BCUT2D eigenvalue weighted by atomic mass is 16.5. The van der Waals surface area contributed by atoms with Crippen LogP contribution in [0.15, 0.2) is 77.4 Å². The Labute approximate surface area is 185 Å². The van der Waals surface area contributed by atoms with Gasteiger partial charge in [-0.3, -0.25) is 9.78 Å². The topological polar surface area (TPSA) is 90.1 Å². The van der Waals surface area contributed by atoms with E-state index in [9.17, 15) is 4.79 Å². The Morgan fingerprint density at radius 1 is 1.06 bits per heavy atom. The molecule has 1 amide bonds. The van der Waals surface area contributed by atoms with E-state index in [0.29, 0.717) is 18.1 Å². The number of rotatable bonds is 8. The van der Waals surface area contributed by atoms with E-state index in [4.69, 9.17) is 9.26 Å². The first-order chi connectivity index (χ1) is 15.7. The van der Waals surface area contributed by atoms with Gasteiger partial charge in [0.2, 0.25) is 17.6 Å². The maximum Gasteiger partial charge on any atom is 0.227 e. The van der Waals surface area contributed by atoms with E-state index in [-0.39, 0.29) is 12.3 Å². The van der Waals surface area contributed by atoms with Crippen molar-refractivity contribution in [2.24, 2.45) is 0 Å².